The summed E-state index contributed by atoms with van der Waals surface area (Å²) in [7, 11) is 3.13. The van der Waals surface area contributed by atoms with E-state index in [0.717, 1.165) is 0 Å². The SMILES string of the molecule is COc1ccc(C(C)NC(=O)Nc2c(C)n(C)n(-c3ccccc3)c2=O)cc1F. The molecule has 1 heterocycles. The summed E-state index contributed by atoms with van der Waals surface area (Å²) >= 11 is 0. The van der Waals surface area contributed by atoms with Crippen LogP contribution in [0.4, 0.5) is 14.9 Å². The number of halogens is 1. The van der Waals surface area contributed by atoms with Crippen molar-refractivity contribution in [1.29, 1.82) is 0 Å². The number of nitrogens with one attached hydrogen (secondary N) is 2. The summed E-state index contributed by atoms with van der Waals surface area (Å²) < 4.78 is 22.0. The average molecular weight is 398 g/mol. The zero-order valence-corrected chi connectivity index (χ0v) is 16.7. The third-order valence-corrected chi connectivity index (χ3v) is 4.82. The number of para-hydroxylation sites is 1. The molecule has 2 N–H and O–H groups in total. The van der Waals surface area contributed by atoms with Gasteiger partial charge in [0.15, 0.2) is 11.6 Å². The molecule has 0 aliphatic carbocycles. The van der Waals surface area contributed by atoms with Crippen LogP contribution in [0.3, 0.4) is 0 Å². The molecular formula is C21H23FN4O3. The van der Waals surface area contributed by atoms with Crippen molar-refractivity contribution in [3.05, 3.63) is 76.0 Å². The summed E-state index contributed by atoms with van der Waals surface area (Å²) in [5.74, 6) is -0.379. The van der Waals surface area contributed by atoms with Crippen LogP contribution >= 0.6 is 0 Å². The van der Waals surface area contributed by atoms with Crippen molar-refractivity contribution in [3.8, 4) is 11.4 Å². The molecule has 3 rings (SSSR count). The van der Waals surface area contributed by atoms with Gasteiger partial charge in [0, 0.05) is 7.05 Å². The Labute approximate surface area is 167 Å². The molecule has 0 radical (unpaired) electrons. The third kappa shape index (κ3) is 4.01. The maximum atomic E-state index is 13.9. The van der Waals surface area contributed by atoms with E-state index in [1.165, 1.54) is 23.9 Å². The van der Waals surface area contributed by atoms with Gasteiger partial charge in [-0.1, -0.05) is 24.3 Å². The predicted molar refractivity (Wildman–Crippen MR) is 109 cm³/mol. The number of anilines is 1. The fraction of sp³-hybridized carbons (Fsp3) is 0.238. The fourth-order valence-corrected chi connectivity index (χ4v) is 3.09. The van der Waals surface area contributed by atoms with Crippen molar-refractivity contribution in [3.63, 3.8) is 0 Å². The molecule has 1 unspecified atom stereocenters. The van der Waals surface area contributed by atoms with E-state index in [-0.39, 0.29) is 17.0 Å². The van der Waals surface area contributed by atoms with Crippen LogP contribution in [0.1, 0.15) is 24.2 Å². The lowest BCUT2D eigenvalue weighted by atomic mass is 10.1. The van der Waals surface area contributed by atoms with E-state index in [9.17, 15) is 14.0 Å². The number of carbonyl (C=O) groups is 1. The second kappa shape index (κ2) is 8.22. The minimum Gasteiger partial charge on any atom is -0.494 e. The van der Waals surface area contributed by atoms with E-state index >= 15 is 0 Å². The second-order valence-corrected chi connectivity index (χ2v) is 6.65. The Morgan fingerprint density at radius 1 is 1.17 bits per heavy atom. The van der Waals surface area contributed by atoms with E-state index in [0.29, 0.717) is 16.9 Å². The number of hydrogen-bond acceptors (Lipinski definition) is 3. The van der Waals surface area contributed by atoms with Gasteiger partial charge in [-0.15, -0.1) is 0 Å². The number of rotatable bonds is 5. The molecule has 7 nitrogen and oxygen atoms in total. The van der Waals surface area contributed by atoms with Crippen LogP contribution in [0.15, 0.2) is 53.3 Å². The molecule has 3 aromatic rings. The van der Waals surface area contributed by atoms with Gasteiger partial charge in [-0.25, -0.2) is 13.9 Å². The first kappa shape index (κ1) is 20.2. The molecule has 8 heteroatoms. The summed E-state index contributed by atoms with van der Waals surface area (Å²) in [6.45, 7) is 3.47. The van der Waals surface area contributed by atoms with E-state index in [4.69, 9.17) is 4.74 Å². The molecule has 0 saturated carbocycles. The first-order valence-electron chi connectivity index (χ1n) is 9.08. The van der Waals surface area contributed by atoms with Crippen molar-refractivity contribution in [2.24, 2.45) is 7.05 Å². The zero-order chi connectivity index (χ0) is 21.1. The molecule has 2 aromatic carbocycles. The lowest BCUT2D eigenvalue weighted by Gasteiger charge is -2.15. The lowest BCUT2D eigenvalue weighted by Crippen LogP contribution is -2.33. The number of carbonyl (C=O) groups excluding carboxylic acids is 1. The highest BCUT2D eigenvalue weighted by molar-refractivity contribution is 5.90. The number of hydrogen-bond donors (Lipinski definition) is 2. The van der Waals surface area contributed by atoms with E-state index in [1.807, 2.05) is 30.3 Å². The highest BCUT2D eigenvalue weighted by Crippen LogP contribution is 2.22. The monoisotopic (exact) mass is 398 g/mol. The Morgan fingerprint density at radius 2 is 1.86 bits per heavy atom. The number of ether oxygens (including phenoxy) is 1. The molecule has 2 amide bonds. The number of nitrogens with zero attached hydrogens (tertiary/aromatic N) is 2. The Morgan fingerprint density at radius 3 is 2.48 bits per heavy atom. The quantitative estimate of drug-likeness (QED) is 0.690. The average Bonchev–Trinajstić information content (AvgIpc) is 2.91. The number of aromatic nitrogens is 2. The zero-order valence-electron chi connectivity index (χ0n) is 16.7. The van der Waals surface area contributed by atoms with Crippen LogP contribution in [-0.4, -0.2) is 22.5 Å². The summed E-state index contributed by atoms with van der Waals surface area (Å²) in [5, 5.41) is 5.34. The molecule has 0 aliphatic heterocycles. The van der Waals surface area contributed by atoms with Gasteiger partial charge in [-0.3, -0.25) is 9.48 Å². The summed E-state index contributed by atoms with van der Waals surface area (Å²) in [4.78, 5) is 25.3. The van der Waals surface area contributed by atoms with Crippen LogP contribution in [0.2, 0.25) is 0 Å². The topological polar surface area (TPSA) is 77.3 Å². The van der Waals surface area contributed by atoms with Gasteiger partial charge in [0.1, 0.15) is 5.69 Å². The summed E-state index contributed by atoms with van der Waals surface area (Å²) in [6.07, 6.45) is 0. The van der Waals surface area contributed by atoms with E-state index in [1.54, 1.807) is 31.6 Å². The molecule has 1 aromatic heterocycles. The Balaban J connectivity index is 1.79. The Hall–Kier alpha value is -3.55. The third-order valence-electron chi connectivity index (χ3n) is 4.82. The first-order valence-corrected chi connectivity index (χ1v) is 9.08. The van der Waals surface area contributed by atoms with Gasteiger partial charge in [0.05, 0.1) is 24.5 Å². The van der Waals surface area contributed by atoms with Crippen LogP contribution < -0.4 is 20.9 Å². The number of amides is 2. The number of methoxy groups -OCH3 is 1. The van der Waals surface area contributed by atoms with Gasteiger partial charge in [-0.2, -0.15) is 0 Å². The van der Waals surface area contributed by atoms with E-state index < -0.39 is 17.9 Å². The Bertz CT molecular complexity index is 1090. The number of urea groups is 1. The summed E-state index contributed by atoms with van der Waals surface area (Å²) in [6, 6.07) is 12.6. The van der Waals surface area contributed by atoms with Crippen LogP contribution in [0.25, 0.3) is 5.69 Å². The van der Waals surface area contributed by atoms with Gasteiger partial charge in [0.25, 0.3) is 5.56 Å². The molecule has 0 fully saturated rings. The molecule has 0 aliphatic rings. The smallest absolute Gasteiger partial charge is 0.319 e. The van der Waals surface area contributed by atoms with Gasteiger partial charge < -0.3 is 15.4 Å². The molecular weight excluding hydrogens is 375 g/mol. The largest absolute Gasteiger partial charge is 0.494 e. The second-order valence-electron chi connectivity index (χ2n) is 6.65. The molecule has 1 atom stereocenters. The fourth-order valence-electron chi connectivity index (χ4n) is 3.09. The minimum atomic E-state index is -0.556. The van der Waals surface area contributed by atoms with Crippen molar-refractivity contribution >= 4 is 11.7 Å². The number of benzene rings is 2. The maximum Gasteiger partial charge on any atom is 0.319 e. The van der Waals surface area contributed by atoms with E-state index in [2.05, 4.69) is 10.6 Å². The summed E-state index contributed by atoms with van der Waals surface area (Å²) in [5.41, 5.74) is 1.72. The highest BCUT2D eigenvalue weighted by Gasteiger charge is 2.19. The van der Waals surface area contributed by atoms with Crippen molar-refractivity contribution in [2.45, 2.75) is 19.9 Å². The first-order chi connectivity index (χ1) is 13.8. The lowest BCUT2D eigenvalue weighted by molar-refractivity contribution is 0.249. The Kier molecular flexibility index (Phi) is 5.72. The van der Waals surface area contributed by atoms with Crippen LogP contribution in [-0.2, 0) is 7.05 Å². The van der Waals surface area contributed by atoms with Crippen molar-refractivity contribution in [2.75, 3.05) is 12.4 Å². The minimum absolute atomic E-state index is 0.131. The predicted octanol–water partition coefficient (Wildman–Crippen LogP) is 3.51. The molecule has 0 saturated heterocycles. The molecule has 152 valence electrons. The standard InChI is InChI=1S/C21H23FN4O3/c1-13(15-10-11-18(29-4)17(22)12-15)23-21(28)24-19-14(2)25(3)26(20(19)27)16-8-6-5-7-9-16/h5-13H,1-4H3,(H2,23,24,28). The van der Waals surface area contributed by atoms with Gasteiger partial charge >= 0.3 is 6.03 Å². The van der Waals surface area contributed by atoms with Crippen LogP contribution in [0.5, 0.6) is 5.75 Å². The highest BCUT2D eigenvalue weighted by atomic mass is 19.1. The molecule has 29 heavy (non-hydrogen) atoms. The van der Waals surface area contributed by atoms with Crippen molar-refractivity contribution in [1.82, 2.24) is 14.7 Å². The normalized spacial score (nSPS) is 11.8. The van der Waals surface area contributed by atoms with Gasteiger partial charge in [0.2, 0.25) is 0 Å². The van der Waals surface area contributed by atoms with Crippen LogP contribution in [0, 0.1) is 12.7 Å². The molecule has 0 spiro atoms. The van der Waals surface area contributed by atoms with Gasteiger partial charge in [-0.05, 0) is 43.7 Å². The van der Waals surface area contributed by atoms with Crippen molar-refractivity contribution < 1.29 is 13.9 Å². The molecule has 0 bridgehead atoms. The maximum absolute atomic E-state index is 13.9.